The number of thiazole rings is 1. The van der Waals surface area contributed by atoms with Crippen LogP contribution in [0.3, 0.4) is 0 Å². The highest BCUT2D eigenvalue weighted by molar-refractivity contribution is 7.07. The van der Waals surface area contributed by atoms with Crippen molar-refractivity contribution >= 4 is 23.4 Å². The smallest absolute Gasteiger partial charge is 0.338 e. The number of hydrogen-bond acceptors (Lipinski definition) is 7. The summed E-state index contributed by atoms with van der Waals surface area (Å²) in [5.41, 5.74) is 2.12. The predicted octanol–water partition coefficient (Wildman–Crippen LogP) is 2.82. The zero-order valence-electron chi connectivity index (χ0n) is 18.8. The molecule has 170 valence electrons. The standard InChI is InChI=1S/C25H24N2O5S/c1-5-32-24(29)21-15(2)26-25-27(22(21)18-12-11-17(30-3)14-19(18)31-4)23(28)20(33-25)13-16-9-7-6-8-10-16/h6-14,22H,5H2,1-4H3. The molecule has 2 heterocycles. The van der Waals surface area contributed by atoms with Gasteiger partial charge in [0.15, 0.2) is 4.80 Å². The summed E-state index contributed by atoms with van der Waals surface area (Å²) in [7, 11) is 3.10. The third-order valence-corrected chi connectivity index (χ3v) is 6.33. The molecule has 1 unspecified atom stereocenters. The molecule has 0 saturated heterocycles. The molecule has 1 aromatic heterocycles. The maximum absolute atomic E-state index is 13.6. The number of benzene rings is 2. The summed E-state index contributed by atoms with van der Waals surface area (Å²) in [5.74, 6) is 0.581. The van der Waals surface area contributed by atoms with E-state index >= 15 is 0 Å². The minimum Gasteiger partial charge on any atom is -0.497 e. The van der Waals surface area contributed by atoms with Crippen LogP contribution in [-0.2, 0) is 9.53 Å². The molecule has 3 aromatic rings. The van der Waals surface area contributed by atoms with Crippen molar-refractivity contribution in [2.24, 2.45) is 4.99 Å². The van der Waals surface area contributed by atoms with E-state index in [1.807, 2.05) is 36.4 Å². The average Bonchev–Trinajstić information content (AvgIpc) is 3.12. The number of aromatic nitrogens is 1. The molecule has 0 N–H and O–H groups in total. The summed E-state index contributed by atoms with van der Waals surface area (Å²) >= 11 is 1.28. The first-order chi connectivity index (χ1) is 16.0. The van der Waals surface area contributed by atoms with Gasteiger partial charge in [0, 0.05) is 11.6 Å². The van der Waals surface area contributed by atoms with Gasteiger partial charge in [-0.1, -0.05) is 41.7 Å². The number of rotatable bonds is 6. The average molecular weight is 465 g/mol. The molecule has 1 aliphatic heterocycles. The van der Waals surface area contributed by atoms with Crippen LogP contribution in [0.2, 0.25) is 0 Å². The van der Waals surface area contributed by atoms with Crippen LogP contribution in [0.5, 0.6) is 11.5 Å². The molecule has 33 heavy (non-hydrogen) atoms. The quantitative estimate of drug-likeness (QED) is 0.524. The molecule has 4 rings (SSSR count). The second-order valence-corrected chi connectivity index (χ2v) is 8.33. The summed E-state index contributed by atoms with van der Waals surface area (Å²) in [6, 6.07) is 14.2. The Hall–Kier alpha value is -3.65. The molecule has 0 radical (unpaired) electrons. The number of carbonyl (C=O) groups excluding carboxylic acids is 1. The Morgan fingerprint density at radius 2 is 1.91 bits per heavy atom. The van der Waals surface area contributed by atoms with Crippen LogP contribution in [0.15, 0.2) is 69.6 Å². The number of fused-ring (bicyclic) bond motifs is 1. The van der Waals surface area contributed by atoms with Crippen molar-refractivity contribution in [3.05, 3.63) is 90.6 Å². The van der Waals surface area contributed by atoms with Crippen molar-refractivity contribution < 1.29 is 19.0 Å². The first-order valence-electron chi connectivity index (χ1n) is 10.4. The van der Waals surface area contributed by atoms with E-state index < -0.39 is 12.0 Å². The summed E-state index contributed by atoms with van der Waals surface area (Å²) in [4.78, 5) is 31.7. The summed E-state index contributed by atoms with van der Waals surface area (Å²) in [5, 5.41) is 0. The highest BCUT2D eigenvalue weighted by Gasteiger charge is 2.35. The molecule has 0 amide bonds. The molecule has 2 aromatic carbocycles. The molecule has 8 heteroatoms. The van der Waals surface area contributed by atoms with Gasteiger partial charge in [0.2, 0.25) is 0 Å². The predicted molar refractivity (Wildman–Crippen MR) is 126 cm³/mol. The number of allylic oxidation sites excluding steroid dienone is 1. The van der Waals surface area contributed by atoms with E-state index in [2.05, 4.69) is 4.99 Å². The highest BCUT2D eigenvalue weighted by atomic mass is 32.1. The number of hydrogen-bond donors (Lipinski definition) is 0. The summed E-state index contributed by atoms with van der Waals surface area (Å²) < 4.78 is 18.3. The second kappa shape index (κ2) is 9.46. The van der Waals surface area contributed by atoms with Crippen LogP contribution in [0, 0.1) is 0 Å². The second-order valence-electron chi connectivity index (χ2n) is 7.32. The van der Waals surface area contributed by atoms with Gasteiger partial charge in [-0.25, -0.2) is 9.79 Å². The Bertz CT molecular complexity index is 1400. The van der Waals surface area contributed by atoms with E-state index in [1.54, 1.807) is 43.7 Å². The number of methoxy groups -OCH3 is 2. The van der Waals surface area contributed by atoms with Crippen LogP contribution in [0.4, 0.5) is 0 Å². The van der Waals surface area contributed by atoms with E-state index in [0.29, 0.717) is 37.7 Å². The molecule has 0 spiro atoms. The molecule has 0 saturated carbocycles. The van der Waals surface area contributed by atoms with Crippen molar-refractivity contribution in [1.29, 1.82) is 0 Å². The Kier molecular flexibility index (Phi) is 6.46. The minimum absolute atomic E-state index is 0.209. The van der Waals surface area contributed by atoms with Crippen LogP contribution in [0.1, 0.15) is 31.0 Å². The van der Waals surface area contributed by atoms with Gasteiger partial charge in [0.25, 0.3) is 5.56 Å². The number of esters is 1. The summed E-state index contributed by atoms with van der Waals surface area (Å²) in [6.07, 6.45) is 1.83. The van der Waals surface area contributed by atoms with Crippen molar-refractivity contribution in [2.45, 2.75) is 19.9 Å². The fourth-order valence-electron chi connectivity index (χ4n) is 3.83. The normalized spacial score (nSPS) is 15.6. The van der Waals surface area contributed by atoms with Crippen LogP contribution < -0.4 is 24.4 Å². The molecular weight excluding hydrogens is 440 g/mol. The van der Waals surface area contributed by atoms with Crippen LogP contribution in [0.25, 0.3) is 6.08 Å². The topological polar surface area (TPSA) is 79.1 Å². The third-order valence-electron chi connectivity index (χ3n) is 5.35. The van der Waals surface area contributed by atoms with Gasteiger partial charge >= 0.3 is 5.97 Å². The fourth-order valence-corrected chi connectivity index (χ4v) is 4.88. The Morgan fingerprint density at radius 1 is 1.15 bits per heavy atom. The highest BCUT2D eigenvalue weighted by Crippen LogP contribution is 2.37. The molecule has 1 atom stereocenters. The monoisotopic (exact) mass is 464 g/mol. The first-order valence-corrected chi connectivity index (χ1v) is 11.3. The number of ether oxygens (including phenoxy) is 3. The lowest BCUT2D eigenvalue weighted by atomic mass is 9.95. The van der Waals surface area contributed by atoms with Crippen molar-refractivity contribution in [1.82, 2.24) is 4.57 Å². The van der Waals surface area contributed by atoms with Gasteiger partial charge in [-0.15, -0.1) is 0 Å². The number of carbonyl (C=O) groups is 1. The first kappa shape index (κ1) is 22.5. The van der Waals surface area contributed by atoms with E-state index in [-0.39, 0.29) is 12.2 Å². The largest absolute Gasteiger partial charge is 0.497 e. The molecule has 0 fully saturated rings. The van der Waals surface area contributed by atoms with Crippen molar-refractivity contribution in [2.75, 3.05) is 20.8 Å². The van der Waals surface area contributed by atoms with Gasteiger partial charge in [-0.05, 0) is 37.6 Å². The lowest BCUT2D eigenvalue weighted by Gasteiger charge is -2.26. The van der Waals surface area contributed by atoms with E-state index in [4.69, 9.17) is 14.2 Å². The maximum Gasteiger partial charge on any atom is 0.338 e. The zero-order valence-corrected chi connectivity index (χ0v) is 19.6. The molecule has 0 aliphatic carbocycles. The molecular formula is C25H24N2O5S. The van der Waals surface area contributed by atoms with Gasteiger partial charge in [0.05, 0.1) is 36.6 Å². The van der Waals surface area contributed by atoms with Crippen molar-refractivity contribution in [3.63, 3.8) is 0 Å². The lowest BCUT2D eigenvalue weighted by molar-refractivity contribution is -0.139. The maximum atomic E-state index is 13.6. The van der Waals surface area contributed by atoms with E-state index in [1.165, 1.54) is 18.4 Å². The van der Waals surface area contributed by atoms with Gasteiger partial charge in [-0.2, -0.15) is 0 Å². The lowest BCUT2D eigenvalue weighted by Crippen LogP contribution is -2.40. The van der Waals surface area contributed by atoms with Crippen LogP contribution >= 0.6 is 11.3 Å². The molecule has 7 nitrogen and oxygen atoms in total. The van der Waals surface area contributed by atoms with E-state index in [9.17, 15) is 9.59 Å². The van der Waals surface area contributed by atoms with Gasteiger partial charge in [-0.3, -0.25) is 9.36 Å². The fraction of sp³-hybridized carbons (Fsp3) is 0.240. The van der Waals surface area contributed by atoms with Crippen molar-refractivity contribution in [3.8, 4) is 11.5 Å². The van der Waals surface area contributed by atoms with Gasteiger partial charge < -0.3 is 14.2 Å². The Balaban J connectivity index is 2.00. The van der Waals surface area contributed by atoms with Crippen LogP contribution in [-0.4, -0.2) is 31.4 Å². The third kappa shape index (κ3) is 4.21. The van der Waals surface area contributed by atoms with Gasteiger partial charge in [0.1, 0.15) is 17.5 Å². The minimum atomic E-state index is -0.751. The van der Waals surface area contributed by atoms with E-state index in [0.717, 1.165) is 5.56 Å². The summed E-state index contributed by atoms with van der Waals surface area (Å²) in [6.45, 7) is 3.70. The Labute approximate surface area is 194 Å². The molecule has 1 aliphatic rings. The number of nitrogens with zero attached hydrogens (tertiary/aromatic N) is 2. The zero-order chi connectivity index (χ0) is 23.5. The molecule has 0 bridgehead atoms. The Morgan fingerprint density at radius 3 is 2.58 bits per heavy atom. The SMILES string of the molecule is CCOC(=O)C1=C(C)N=c2sc(=Cc3ccccc3)c(=O)n2C1c1ccc(OC)cc1OC.